The minimum absolute atomic E-state index is 0.0322. The maximum atomic E-state index is 12.9. The number of rotatable bonds is 6. The Hall–Kier alpha value is -3.42. The molecule has 2 heterocycles. The Balaban J connectivity index is 1.91. The van der Waals surface area contributed by atoms with Gasteiger partial charge in [-0.2, -0.15) is 0 Å². The third kappa shape index (κ3) is 4.10. The fraction of sp³-hybridized carbons (Fsp3) is 0.250. The second-order valence-corrected chi connectivity index (χ2v) is 7.33. The molecular weight excluding hydrogens is 394 g/mol. The second kappa shape index (κ2) is 9.16. The molecule has 0 saturated carbocycles. The van der Waals surface area contributed by atoms with E-state index in [1.165, 1.54) is 6.33 Å². The number of imidazole rings is 1. The Kier molecular flexibility index (Phi) is 6.16. The molecule has 31 heavy (non-hydrogen) atoms. The van der Waals surface area contributed by atoms with E-state index < -0.39 is 18.4 Å². The molecule has 1 aromatic heterocycles. The molecule has 160 valence electrons. The Labute approximate surface area is 180 Å². The van der Waals surface area contributed by atoms with E-state index in [4.69, 9.17) is 4.74 Å². The van der Waals surface area contributed by atoms with Crippen LogP contribution in [0.2, 0.25) is 0 Å². The highest BCUT2D eigenvalue weighted by molar-refractivity contribution is 5.91. The highest BCUT2D eigenvalue weighted by Crippen LogP contribution is 2.47. The van der Waals surface area contributed by atoms with Crippen LogP contribution in [0, 0.1) is 0 Å². The van der Waals surface area contributed by atoms with Crippen LogP contribution in [0.3, 0.4) is 0 Å². The number of aliphatic hydroxyl groups excluding tert-OH is 2. The minimum atomic E-state index is -1.13. The van der Waals surface area contributed by atoms with Crippen LogP contribution in [0.5, 0.6) is 0 Å². The molecular formula is C24H25N3O4. The van der Waals surface area contributed by atoms with Crippen molar-refractivity contribution >= 4 is 5.97 Å². The molecule has 0 fully saturated rings. The van der Waals surface area contributed by atoms with Crippen molar-refractivity contribution in [2.24, 2.45) is 0 Å². The maximum Gasteiger partial charge on any atom is 0.339 e. The average Bonchev–Trinajstić information content (AvgIpc) is 3.34. The summed E-state index contributed by atoms with van der Waals surface area (Å²) in [6.07, 6.45) is 3.80. The van der Waals surface area contributed by atoms with E-state index >= 15 is 0 Å². The number of aliphatic hydroxyl groups is 2. The van der Waals surface area contributed by atoms with Crippen LogP contribution in [0.15, 0.2) is 90.7 Å². The summed E-state index contributed by atoms with van der Waals surface area (Å²) in [6.45, 7) is 1.91. The molecule has 0 spiro atoms. The fourth-order valence-electron chi connectivity index (χ4n) is 4.12. The van der Waals surface area contributed by atoms with Gasteiger partial charge in [0.15, 0.2) is 6.35 Å². The van der Waals surface area contributed by atoms with Gasteiger partial charge >= 0.3 is 5.97 Å². The molecule has 7 heteroatoms. The summed E-state index contributed by atoms with van der Waals surface area (Å²) >= 11 is 0. The van der Waals surface area contributed by atoms with Gasteiger partial charge in [0.25, 0.3) is 0 Å². The lowest BCUT2D eigenvalue weighted by molar-refractivity contribution is -0.144. The van der Waals surface area contributed by atoms with Gasteiger partial charge in [0.1, 0.15) is 5.76 Å². The van der Waals surface area contributed by atoms with E-state index in [0.717, 1.165) is 11.1 Å². The van der Waals surface area contributed by atoms with Crippen molar-refractivity contribution in [2.75, 3.05) is 6.61 Å². The van der Waals surface area contributed by atoms with Crippen LogP contribution < -0.4 is 0 Å². The topological polar surface area (TPSA) is 87.8 Å². The molecule has 0 bridgehead atoms. The standard InChI is InChI=1S/C24H25N3O4/c1-2-31-23(29)21-20(28)15-19(17-9-5-3-6-10-17)27(24(30)26-14-13-25-16-26)22(21)18-11-7-4-8-12-18/h3-14,16,19,22,24,28,30H,2,15H2,1H3. The van der Waals surface area contributed by atoms with Crippen molar-refractivity contribution in [2.45, 2.75) is 31.8 Å². The van der Waals surface area contributed by atoms with Gasteiger partial charge in [0, 0.05) is 24.9 Å². The molecule has 0 amide bonds. The van der Waals surface area contributed by atoms with Crippen LogP contribution in [0.25, 0.3) is 0 Å². The van der Waals surface area contributed by atoms with E-state index in [0.29, 0.717) is 0 Å². The molecule has 1 aliphatic heterocycles. The number of aromatic nitrogens is 2. The van der Waals surface area contributed by atoms with Gasteiger partial charge in [0.05, 0.1) is 24.5 Å². The van der Waals surface area contributed by atoms with Crippen LogP contribution in [-0.2, 0) is 9.53 Å². The highest BCUT2D eigenvalue weighted by Gasteiger charge is 2.44. The van der Waals surface area contributed by atoms with E-state index in [-0.39, 0.29) is 30.4 Å². The molecule has 4 rings (SSSR count). The van der Waals surface area contributed by atoms with E-state index in [2.05, 4.69) is 4.98 Å². The predicted molar refractivity (Wildman–Crippen MR) is 115 cm³/mol. The van der Waals surface area contributed by atoms with Crippen LogP contribution in [-0.4, -0.2) is 37.2 Å². The lowest BCUT2D eigenvalue weighted by Gasteiger charge is -2.45. The highest BCUT2D eigenvalue weighted by atomic mass is 16.5. The van der Waals surface area contributed by atoms with Gasteiger partial charge in [-0.15, -0.1) is 0 Å². The van der Waals surface area contributed by atoms with Crippen molar-refractivity contribution in [3.63, 3.8) is 0 Å². The quantitative estimate of drug-likeness (QED) is 0.590. The number of benzene rings is 2. The van der Waals surface area contributed by atoms with Crippen molar-refractivity contribution in [1.29, 1.82) is 0 Å². The first kappa shape index (κ1) is 20.8. The van der Waals surface area contributed by atoms with Crippen LogP contribution in [0.1, 0.15) is 42.9 Å². The number of nitrogens with zero attached hydrogens (tertiary/aromatic N) is 3. The van der Waals surface area contributed by atoms with Gasteiger partial charge in [0.2, 0.25) is 0 Å². The molecule has 2 aromatic carbocycles. The van der Waals surface area contributed by atoms with E-state index in [1.807, 2.05) is 65.6 Å². The van der Waals surface area contributed by atoms with Crippen molar-refractivity contribution < 1.29 is 19.7 Å². The molecule has 0 aliphatic carbocycles. The van der Waals surface area contributed by atoms with Gasteiger partial charge in [-0.25, -0.2) is 14.7 Å². The zero-order chi connectivity index (χ0) is 21.8. The molecule has 3 unspecified atom stereocenters. The summed E-state index contributed by atoms with van der Waals surface area (Å²) in [5.74, 6) is -0.626. The Morgan fingerprint density at radius 2 is 1.77 bits per heavy atom. The Bertz CT molecular complexity index is 1040. The summed E-state index contributed by atoms with van der Waals surface area (Å²) < 4.78 is 6.85. The summed E-state index contributed by atoms with van der Waals surface area (Å²) in [4.78, 5) is 18.8. The van der Waals surface area contributed by atoms with Crippen LogP contribution in [0.4, 0.5) is 0 Å². The van der Waals surface area contributed by atoms with Gasteiger partial charge in [-0.1, -0.05) is 60.7 Å². The SMILES string of the molecule is CCOC(=O)C1=C(O)CC(c2ccccc2)N(C(O)n2ccnc2)C1c1ccccc1. The molecule has 0 radical (unpaired) electrons. The lowest BCUT2D eigenvalue weighted by atomic mass is 9.86. The van der Waals surface area contributed by atoms with Gasteiger partial charge in [-0.3, -0.25) is 4.57 Å². The summed E-state index contributed by atoms with van der Waals surface area (Å²) in [5, 5.41) is 22.4. The van der Waals surface area contributed by atoms with Crippen molar-refractivity contribution in [3.05, 3.63) is 102 Å². The second-order valence-electron chi connectivity index (χ2n) is 7.33. The lowest BCUT2D eigenvalue weighted by Crippen LogP contribution is -2.44. The summed E-state index contributed by atoms with van der Waals surface area (Å²) in [6, 6.07) is 17.9. The van der Waals surface area contributed by atoms with Crippen molar-refractivity contribution in [3.8, 4) is 0 Å². The normalized spacial score (nSPS) is 20.5. The van der Waals surface area contributed by atoms with Crippen molar-refractivity contribution in [1.82, 2.24) is 14.5 Å². The number of hydrogen-bond acceptors (Lipinski definition) is 6. The monoisotopic (exact) mass is 419 g/mol. The van der Waals surface area contributed by atoms with E-state index in [9.17, 15) is 15.0 Å². The number of carbonyl (C=O) groups excluding carboxylic acids is 1. The van der Waals surface area contributed by atoms with E-state index in [1.54, 1.807) is 23.9 Å². The zero-order valence-electron chi connectivity index (χ0n) is 17.2. The first-order valence-electron chi connectivity index (χ1n) is 10.2. The average molecular weight is 419 g/mol. The summed E-state index contributed by atoms with van der Waals surface area (Å²) in [5.41, 5.74) is 1.81. The Morgan fingerprint density at radius 1 is 1.13 bits per heavy atom. The fourth-order valence-corrected chi connectivity index (χ4v) is 4.12. The third-order valence-corrected chi connectivity index (χ3v) is 5.48. The Morgan fingerprint density at radius 3 is 2.35 bits per heavy atom. The van der Waals surface area contributed by atoms with Gasteiger partial charge < -0.3 is 14.9 Å². The molecule has 2 N–H and O–H groups in total. The molecule has 0 saturated heterocycles. The number of ether oxygens (including phenoxy) is 1. The molecule has 7 nitrogen and oxygen atoms in total. The maximum absolute atomic E-state index is 12.9. The predicted octanol–water partition coefficient (Wildman–Crippen LogP) is 3.90. The number of hydrogen-bond donors (Lipinski definition) is 2. The largest absolute Gasteiger partial charge is 0.512 e. The third-order valence-electron chi connectivity index (χ3n) is 5.48. The molecule has 1 aliphatic rings. The number of esters is 1. The first-order chi connectivity index (χ1) is 15.1. The number of carbonyl (C=O) groups is 1. The summed E-state index contributed by atoms with van der Waals surface area (Å²) in [7, 11) is 0. The minimum Gasteiger partial charge on any atom is -0.512 e. The van der Waals surface area contributed by atoms with Gasteiger partial charge in [-0.05, 0) is 18.1 Å². The first-order valence-corrected chi connectivity index (χ1v) is 10.2. The van der Waals surface area contributed by atoms with Crippen LogP contribution >= 0.6 is 0 Å². The zero-order valence-corrected chi connectivity index (χ0v) is 17.2. The smallest absolute Gasteiger partial charge is 0.339 e. The molecule has 3 aromatic rings. The molecule has 3 atom stereocenters.